The van der Waals surface area contributed by atoms with Gasteiger partial charge in [-0.3, -0.25) is 4.79 Å². The van der Waals surface area contributed by atoms with Crippen molar-refractivity contribution in [2.45, 2.75) is 6.42 Å². The molecule has 2 aromatic rings. The number of amides is 1. The molecule has 0 radical (unpaired) electrons. The first-order valence-corrected chi connectivity index (χ1v) is 9.07. The van der Waals surface area contributed by atoms with Crippen molar-refractivity contribution in [1.82, 2.24) is 9.80 Å². The van der Waals surface area contributed by atoms with Crippen LogP contribution in [0.4, 0.5) is 0 Å². The van der Waals surface area contributed by atoms with Gasteiger partial charge in [-0.15, -0.1) is 0 Å². The number of carbonyl (C=O) groups excluding carboxylic acids is 1. The van der Waals surface area contributed by atoms with Crippen LogP contribution in [0, 0.1) is 11.3 Å². The Bertz CT molecular complexity index is 790. The van der Waals surface area contributed by atoms with Crippen molar-refractivity contribution in [2.75, 3.05) is 46.9 Å². The van der Waals surface area contributed by atoms with Crippen molar-refractivity contribution >= 4 is 16.7 Å². The predicted octanol–water partition coefficient (Wildman–Crippen LogP) is 2.88. The summed E-state index contributed by atoms with van der Waals surface area (Å²) in [4.78, 5) is 17.5. The molecule has 0 aromatic heterocycles. The normalized spacial score (nSPS) is 26.8. The molecular formula is C21H26N2O2. The van der Waals surface area contributed by atoms with Crippen molar-refractivity contribution in [3.63, 3.8) is 0 Å². The van der Waals surface area contributed by atoms with E-state index in [1.165, 1.54) is 5.39 Å². The third-order valence-corrected chi connectivity index (χ3v) is 6.02. The third-order valence-electron chi connectivity index (χ3n) is 6.02. The SMILES string of the molecule is COC[C@H]1CN(C)C[C@]12CCN(C(=O)c1ccc3ccccc3c1)C2. The quantitative estimate of drug-likeness (QED) is 0.863. The average Bonchev–Trinajstić information content (AvgIpc) is 3.18. The van der Waals surface area contributed by atoms with Crippen LogP contribution >= 0.6 is 0 Å². The Morgan fingerprint density at radius 1 is 1.20 bits per heavy atom. The number of carbonyl (C=O) groups is 1. The summed E-state index contributed by atoms with van der Waals surface area (Å²) in [5, 5.41) is 2.30. The fourth-order valence-electron chi connectivity index (χ4n) is 4.77. The Hall–Kier alpha value is -1.91. The van der Waals surface area contributed by atoms with E-state index in [9.17, 15) is 4.79 Å². The number of ether oxygens (including phenoxy) is 1. The van der Waals surface area contributed by atoms with Crippen LogP contribution in [-0.2, 0) is 4.74 Å². The second kappa shape index (κ2) is 6.43. The van der Waals surface area contributed by atoms with E-state index in [0.29, 0.717) is 5.92 Å². The molecule has 0 aliphatic carbocycles. The Kier molecular flexibility index (Phi) is 4.26. The van der Waals surface area contributed by atoms with E-state index >= 15 is 0 Å². The highest BCUT2D eigenvalue weighted by molar-refractivity contribution is 5.98. The van der Waals surface area contributed by atoms with Crippen LogP contribution in [0.5, 0.6) is 0 Å². The van der Waals surface area contributed by atoms with Crippen LogP contribution in [0.2, 0.25) is 0 Å². The molecule has 4 nitrogen and oxygen atoms in total. The van der Waals surface area contributed by atoms with Crippen LogP contribution in [0.1, 0.15) is 16.8 Å². The number of fused-ring (bicyclic) bond motifs is 1. The minimum absolute atomic E-state index is 0.161. The Balaban J connectivity index is 1.55. The van der Waals surface area contributed by atoms with Gasteiger partial charge in [0, 0.05) is 50.2 Å². The van der Waals surface area contributed by atoms with Crippen LogP contribution in [0.25, 0.3) is 10.8 Å². The van der Waals surface area contributed by atoms with Gasteiger partial charge < -0.3 is 14.5 Å². The second-order valence-corrected chi connectivity index (χ2v) is 7.75. The molecule has 2 aromatic carbocycles. The van der Waals surface area contributed by atoms with E-state index in [4.69, 9.17) is 4.74 Å². The average molecular weight is 338 g/mol. The van der Waals surface area contributed by atoms with Gasteiger partial charge in [0.15, 0.2) is 0 Å². The first-order valence-electron chi connectivity index (χ1n) is 9.07. The number of hydrogen-bond donors (Lipinski definition) is 0. The number of nitrogens with zero attached hydrogens (tertiary/aromatic N) is 2. The standard InChI is InChI=1S/C21H26N2O2/c1-22-12-19(13-25-2)21(14-22)9-10-23(15-21)20(24)18-8-7-16-5-3-4-6-17(16)11-18/h3-8,11,19H,9-10,12-15H2,1-2H3/t19-,21+/m1/s1. The van der Waals surface area contributed by atoms with Crippen LogP contribution in [0.3, 0.4) is 0 Å². The van der Waals surface area contributed by atoms with E-state index in [1.807, 2.05) is 35.2 Å². The summed E-state index contributed by atoms with van der Waals surface area (Å²) in [6.07, 6.45) is 1.07. The fourth-order valence-corrected chi connectivity index (χ4v) is 4.77. The maximum atomic E-state index is 13.1. The van der Waals surface area contributed by atoms with E-state index in [1.54, 1.807) is 7.11 Å². The van der Waals surface area contributed by atoms with Gasteiger partial charge in [0.05, 0.1) is 6.61 Å². The lowest BCUT2D eigenvalue weighted by Crippen LogP contribution is -2.38. The molecule has 4 heteroatoms. The minimum Gasteiger partial charge on any atom is -0.384 e. The lowest BCUT2D eigenvalue weighted by molar-refractivity contribution is 0.0716. The van der Waals surface area contributed by atoms with Gasteiger partial charge in [-0.05, 0) is 36.4 Å². The maximum absolute atomic E-state index is 13.1. The lowest BCUT2D eigenvalue weighted by Gasteiger charge is -2.30. The van der Waals surface area contributed by atoms with E-state index in [0.717, 1.165) is 50.2 Å². The number of rotatable bonds is 3. The zero-order valence-corrected chi connectivity index (χ0v) is 15.1. The summed E-state index contributed by atoms with van der Waals surface area (Å²) in [6.45, 7) is 4.59. The maximum Gasteiger partial charge on any atom is 0.253 e. The number of likely N-dealkylation sites (tertiary alicyclic amines) is 2. The zero-order chi connectivity index (χ0) is 17.4. The Labute approximate surface area is 149 Å². The Morgan fingerprint density at radius 2 is 2.00 bits per heavy atom. The molecule has 1 spiro atoms. The van der Waals surface area contributed by atoms with Gasteiger partial charge in [-0.1, -0.05) is 30.3 Å². The number of methoxy groups -OCH3 is 1. The molecular weight excluding hydrogens is 312 g/mol. The van der Waals surface area contributed by atoms with Crippen LogP contribution < -0.4 is 0 Å². The molecule has 4 rings (SSSR count). The molecule has 2 aliphatic rings. The molecule has 0 N–H and O–H groups in total. The lowest BCUT2D eigenvalue weighted by atomic mass is 9.77. The monoisotopic (exact) mass is 338 g/mol. The summed E-state index contributed by atoms with van der Waals surface area (Å²) >= 11 is 0. The molecule has 2 saturated heterocycles. The molecule has 132 valence electrons. The summed E-state index contributed by atoms with van der Waals surface area (Å²) in [6, 6.07) is 14.2. The first kappa shape index (κ1) is 16.6. The largest absolute Gasteiger partial charge is 0.384 e. The highest BCUT2D eigenvalue weighted by atomic mass is 16.5. The minimum atomic E-state index is 0.161. The molecule has 2 heterocycles. The smallest absolute Gasteiger partial charge is 0.253 e. The molecule has 2 aliphatic heterocycles. The van der Waals surface area contributed by atoms with Crippen molar-refractivity contribution in [3.8, 4) is 0 Å². The summed E-state index contributed by atoms with van der Waals surface area (Å²) in [5.74, 6) is 0.672. The van der Waals surface area contributed by atoms with Crippen LogP contribution in [0.15, 0.2) is 42.5 Å². The van der Waals surface area contributed by atoms with Gasteiger partial charge in [0.1, 0.15) is 0 Å². The number of benzene rings is 2. The zero-order valence-electron chi connectivity index (χ0n) is 15.1. The molecule has 2 atom stereocenters. The molecule has 0 saturated carbocycles. The van der Waals surface area contributed by atoms with Crippen molar-refractivity contribution < 1.29 is 9.53 Å². The van der Waals surface area contributed by atoms with Gasteiger partial charge in [0.2, 0.25) is 0 Å². The van der Waals surface area contributed by atoms with Crippen molar-refractivity contribution in [3.05, 3.63) is 48.0 Å². The Morgan fingerprint density at radius 3 is 2.80 bits per heavy atom. The molecule has 1 amide bonds. The number of hydrogen-bond acceptors (Lipinski definition) is 3. The van der Waals surface area contributed by atoms with Gasteiger partial charge in [-0.25, -0.2) is 0 Å². The van der Waals surface area contributed by atoms with Crippen molar-refractivity contribution in [1.29, 1.82) is 0 Å². The summed E-state index contributed by atoms with van der Waals surface area (Å²) in [7, 11) is 3.95. The second-order valence-electron chi connectivity index (χ2n) is 7.75. The van der Waals surface area contributed by atoms with E-state index in [2.05, 4.69) is 24.1 Å². The van der Waals surface area contributed by atoms with Gasteiger partial charge in [0.25, 0.3) is 5.91 Å². The highest BCUT2D eigenvalue weighted by Crippen LogP contribution is 2.43. The van der Waals surface area contributed by atoms with Crippen molar-refractivity contribution in [2.24, 2.45) is 11.3 Å². The van der Waals surface area contributed by atoms with E-state index in [-0.39, 0.29) is 11.3 Å². The van der Waals surface area contributed by atoms with Gasteiger partial charge >= 0.3 is 0 Å². The topological polar surface area (TPSA) is 32.8 Å². The summed E-state index contributed by atoms with van der Waals surface area (Å²) in [5.41, 5.74) is 0.988. The van der Waals surface area contributed by atoms with Crippen LogP contribution in [-0.4, -0.2) is 62.7 Å². The van der Waals surface area contributed by atoms with Gasteiger partial charge in [-0.2, -0.15) is 0 Å². The third kappa shape index (κ3) is 2.94. The molecule has 2 fully saturated rings. The molecule has 0 unspecified atom stereocenters. The van der Waals surface area contributed by atoms with E-state index < -0.39 is 0 Å². The first-order chi connectivity index (χ1) is 12.1. The fraction of sp³-hybridized carbons (Fsp3) is 0.476. The summed E-state index contributed by atoms with van der Waals surface area (Å²) < 4.78 is 5.46. The molecule has 25 heavy (non-hydrogen) atoms. The predicted molar refractivity (Wildman–Crippen MR) is 99.8 cm³/mol. The highest BCUT2D eigenvalue weighted by Gasteiger charge is 2.50. The molecule has 0 bridgehead atoms.